The fourth-order valence-corrected chi connectivity index (χ4v) is 2.92. The summed E-state index contributed by atoms with van der Waals surface area (Å²) >= 11 is 5.86. The number of ether oxygens (including phenoxy) is 2. The van der Waals surface area contributed by atoms with E-state index in [0.717, 1.165) is 5.56 Å². The Hall–Kier alpha value is -2.73. The molecule has 0 radical (unpaired) electrons. The van der Waals surface area contributed by atoms with Gasteiger partial charge in [0.2, 0.25) is 11.8 Å². The molecule has 0 unspecified atom stereocenters. The van der Waals surface area contributed by atoms with Crippen molar-refractivity contribution >= 4 is 29.1 Å². The number of nitrogens with one attached hydrogen (secondary N) is 2. The SMILES string of the molecule is COc1ccc(OC)c(NC(=O)C2(C(=O)NCc3ccc(Cl)cc3)CC2)c1. The van der Waals surface area contributed by atoms with Gasteiger partial charge in [-0.25, -0.2) is 0 Å². The van der Waals surface area contributed by atoms with Crippen LogP contribution in [0.15, 0.2) is 42.5 Å². The second kappa shape index (κ2) is 7.88. The molecular formula is C20H21ClN2O4. The minimum atomic E-state index is -1.04. The van der Waals surface area contributed by atoms with Crippen LogP contribution in [-0.4, -0.2) is 26.0 Å². The highest BCUT2D eigenvalue weighted by Crippen LogP contribution is 2.47. The third-order valence-corrected chi connectivity index (χ3v) is 4.89. The average Bonchev–Trinajstić information content (AvgIpc) is 3.49. The van der Waals surface area contributed by atoms with Gasteiger partial charge in [0.15, 0.2) is 0 Å². The fraction of sp³-hybridized carbons (Fsp3) is 0.300. The zero-order chi connectivity index (χ0) is 19.4. The number of hydrogen-bond donors (Lipinski definition) is 2. The van der Waals surface area contributed by atoms with Crippen molar-refractivity contribution in [1.82, 2.24) is 5.32 Å². The molecule has 2 aromatic rings. The van der Waals surface area contributed by atoms with Gasteiger partial charge in [0, 0.05) is 17.6 Å². The lowest BCUT2D eigenvalue weighted by molar-refractivity contribution is -0.134. The van der Waals surface area contributed by atoms with Crippen molar-refractivity contribution in [3.8, 4) is 11.5 Å². The van der Waals surface area contributed by atoms with E-state index in [1.54, 1.807) is 37.4 Å². The molecule has 1 fully saturated rings. The molecule has 0 atom stereocenters. The highest BCUT2D eigenvalue weighted by molar-refractivity contribution is 6.30. The van der Waals surface area contributed by atoms with Crippen LogP contribution in [0.2, 0.25) is 5.02 Å². The predicted octanol–water partition coefficient (Wildman–Crippen LogP) is 3.39. The molecule has 1 aliphatic carbocycles. The molecule has 0 spiro atoms. The molecule has 1 saturated carbocycles. The standard InChI is InChI=1S/C20H21ClN2O4/c1-26-15-7-8-17(27-2)16(11-15)23-19(25)20(9-10-20)18(24)22-12-13-3-5-14(21)6-4-13/h3-8,11H,9-10,12H2,1-2H3,(H,22,24)(H,23,25). The summed E-state index contributed by atoms with van der Waals surface area (Å²) in [7, 11) is 3.06. The number of benzene rings is 2. The van der Waals surface area contributed by atoms with E-state index in [9.17, 15) is 9.59 Å². The molecule has 7 heteroatoms. The molecule has 0 aliphatic heterocycles. The van der Waals surface area contributed by atoms with Gasteiger partial charge < -0.3 is 20.1 Å². The number of carbonyl (C=O) groups is 2. The Kier molecular flexibility index (Phi) is 5.56. The summed E-state index contributed by atoms with van der Waals surface area (Å²) in [5.41, 5.74) is 0.345. The summed E-state index contributed by atoms with van der Waals surface area (Å²) in [5.74, 6) is 0.462. The molecule has 0 saturated heterocycles. The maximum absolute atomic E-state index is 12.8. The van der Waals surface area contributed by atoms with Crippen LogP contribution in [0.1, 0.15) is 18.4 Å². The van der Waals surface area contributed by atoms with E-state index < -0.39 is 5.41 Å². The number of rotatable bonds is 7. The summed E-state index contributed by atoms with van der Waals surface area (Å²) in [6, 6.07) is 12.3. The summed E-state index contributed by atoms with van der Waals surface area (Å²) in [4.78, 5) is 25.4. The van der Waals surface area contributed by atoms with Crippen LogP contribution in [0.5, 0.6) is 11.5 Å². The first kappa shape index (κ1) is 19.0. The maximum Gasteiger partial charge on any atom is 0.240 e. The average molecular weight is 389 g/mol. The maximum atomic E-state index is 12.8. The van der Waals surface area contributed by atoms with Gasteiger partial charge in [0.1, 0.15) is 16.9 Å². The van der Waals surface area contributed by atoms with Crippen molar-refractivity contribution in [3.63, 3.8) is 0 Å². The molecule has 6 nitrogen and oxygen atoms in total. The molecule has 2 aromatic carbocycles. The monoisotopic (exact) mass is 388 g/mol. The van der Waals surface area contributed by atoms with Gasteiger partial charge in [-0.3, -0.25) is 9.59 Å². The van der Waals surface area contributed by atoms with Gasteiger partial charge >= 0.3 is 0 Å². The van der Waals surface area contributed by atoms with Crippen molar-refractivity contribution in [3.05, 3.63) is 53.1 Å². The van der Waals surface area contributed by atoms with Gasteiger partial charge in [0.25, 0.3) is 0 Å². The highest BCUT2D eigenvalue weighted by Gasteiger charge is 2.56. The first-order valence-corrected chi connectivity index (χ1v) is 8.92. The van der Waals surface area contributed by atoms with Crippen molar-refractivity contribution in [2.24, 2.45) is 5.41 Å². The van der Waals surface area contributed by atoms with E-state index in [-0.39, 0.29) is 11.8 Å². The first-order chi connectivity index (χ1) is 13.0. The van der Waals surface area contributed by atoms with Gasteiger partial charge in [-0.2, -0.15) is 0 Å². The molecule has 0 aromatic heterocycles. The first-order valence-electron chi connectivity index (χ1n) is 8.55. The number of hydrogen-bond acceptors (Lipinski definition) is 4. The van der Waals surface area contributed by atoms with E-state index in [1.165, 1.54) is 7.11 Å². The van der Waals surface area contributed by atoms with Crippen molar-refractivity contribution < 1.29 is 19.1 Å². The predicted molar refractivity (Wildman–Crippen MR) is 103 cm³/mol. The molecule has 2 N–H and O–H groups in total. The van der Waals surface area contributed by atoms with Crippen molar-refractivity contribution in [2.45, 2.75) is 19.4 Å². The lowest BCUT2D eigenvalue weighted by Gasteiger charge is -2.17. The smallest absolute Gasteiger partial charge is 0.240 e. The van der Waals surface area contributed by atoms with Crippen LogP contribution in [0.25, 0.3) is 0 Å². The Morgan fingerprint density at radius 2 is 1.74 bits per heavy atom. The van der Waals surface area contributed by atoms with E-state index in [2.05, 4.69) is 10.6 Å². The Balaban J connectivity index is 1.67. The van der Waals surface area contributed by atoms with Gasteiger partial charge in [-0.1, -0.05) is 23.7 Å². The van der Waals surface area contributed by atoms with Crippen molar-refractivity contribution in [1.29, 1.82) is 0 Å². The molecule has 142 valence electrons. The van der Waals surface area contributed by atoms with Crippen molar-refractivity contribution in [2.75, 3.05) is 19.5 Å². The molecule has 2 amide bonds. The van der Waals surface area contributed by atoms with Crippen LogP contribution in [0, 0.1) is 5.41 Å². The van der Waals surface area contributed by atoms with E-state index in [4.69, 9.17) is 21.1 Å². The molecule has 0 bridgehead atoms. The minimum Gasteiger partial charge on any atom is -0.497 e. The third-order valence-electron chi connectivity index (χ3n) is 4.64. The van der Waals surface area contributed by atoms with E-state index >= 15 is 0 Å². The van der Waals surface area contributed by atoms with Gasteiger partial charge in [0.05, 0.1) is 19.9 Å². The Morgan fingerprint density at radius 3 is 2.33 bits per heavy atom. The zero-order valence-corrected chi connectivity index (χ0v) is 15.9. The second-order valence-electron chi connectivity index (χ2n) is 6.41. The van der Waals surface area contributed by atoms with Crippen LogP contribution < -0.4 is 20.1 Å². The van der Waals surface area contributed by atoms with Crippen LogP contribution >= 0.6 is 11.6 Å². The Labute approximate surface area is 162 Å². The normalized spacial score (nSPS) is 14.2. The minimum absolute atomic E-state index is 0.281. The zero-order valence-electron chi connectivity index (χ0n) is 15.2. The van der Waals surface area contributed by atoms with E-state index in [1.807, 2.05) is 12.1 Å². The number of anilines is 1. The van der Waals surface area contributed by atoms with E-state index in [0.29, 0.717) is 41.6 Å². The van der Waals surface area contributed by atoms with Gasteiger partial charge in [-0.15, -0.1) is 0 Å². The second-order valence-corrected chi connectivity index (χ2v) is 6.85. The number of amides is 2. The highest BCUT2D eigenvalue weighted by atomic mass is 35.5. The summed E-state index contributed by atoms with van der Waals surface area (Å²) < 4.78 is 10.5. The molecule has 3 rings (SSSR count). The lowest BCUT2D eigenvalue weighted by Crippen LogP contribution is -2.39. The number of halogens is 1. The summed E-state index contributed by atoms with van der Waals surface area (Å²) in [5, 5.41) is 6.28. The molecular weight excluding hydrogens is 368 g/mol. The third kappa shape index (κ3) is 4.17. The molecule has 0 heterocycles. The largest absolute Gasteiger partial charge is 0.497 e. The quantitative estimate of drug-likeness (QED) is 0.713. The fourth-order valence-electron chi connectivity index (χ4n) is 2.79. The summed E-state index contributed by atoms with van der Waals surface area (Å²) in [6.07, 6.45) is 1.02. The van der Waals surface area contributed by atoms with Crippen LogP contribution in [0.3, 0.4) is 0 Å². The summed E-state index contributed by atoms with van der Waals surface area (Å²) in [6.45, 7) is 0.341. The van der Waals surface area contributed by atoms with Crippen LogP contribution in [0.4, 0.5) is 5.69 Å². The molecule has 27 heavy (non-hydrogen) atoms. The number of carbonyl (C=O) groups excluding carboxylic acids is 2. The van der Waals surface area contributed by atoms with Crippen LogP contribution in [-0.2, 0) is 16.1 Å². The molecule has 1 aliphatic rings. The van der Waals surface area contributed by atoms with Gasteiger partial charge in [-0.05, 0) is 42.7 Å². The Bertz CT molecular complexity index is 848. The topological polar surface area (TPSA) is 76.7 Å². The Morgan fingerprint density at radius 1 is 1.04 bits per heavy atom. The number of methoxy groups -OCH3 is 2. The lowest BCUT2D eigenvalue weighted by atomic mass is 10.0.